The van der Waals surface area contributed by atoms with Gasteiger partial charge in [-0.05, 0) is 52.6 Å². The normalized spacial score (nSPS) is 13.7. The Labute approximate surface area is 248 Å². The van der Waals surface area contributed by atoms with E-state index in [1.807, 2.05) is 72.8 Å². The second-order valence-electron chi connectivity index (χ2n) is 11.4. The largest absolute Gasteiger partial charge is 0.310 e. The average molecular weight is 562 g/mol. The van der Waals surface area contributed by atoms with E-state index in [0.717, 1.165) is 32.7 Å². The molecule has 0 bridgehead atoms. The van der Waals surface area contributed by atoms with Crippen LogP contribution in [0.1, 0.15) is 25.0 Å². The highest BCUT2D eigenvalue weighted by molar-refractivity contribution is 7.85. The summed E-state index contributed by atoms with van der Waals surface area (Å²) in [6, 6.07) is 54.1. The van der Waals surface area contributed by atoms with Gasteiger partial charge in [0.25, 0.3) is 0 Å². The van der Waals surface area contributed by atoms with Crippen molar-refractivity contribution in [3.63, 3.8) is 0 Å². The van der Waals surface area contributed by atoms with Crippen LogP contribution >= 0.6 is 7.14 Å². The third kappa shape index (κ3) is 4.23. The second-order valence-corrected chi connectivity index (χ2v) is 14.1. The van der Waals surface area contributed by atoms with Crippen molar-refractivity contribution < 1.29 is 4.57 Å². The number of hydrogen-bond acceptors (Lipinski definition) is 2. The van der Waals surface area contributed by atoms with E-state index in [4.69, 9.17) is 0 Å². The van der Waals surface area contributed by atoms with E-state index in [1.165, 1.54) is 22.5 Å². The third-order valence-electron chi connectivity index (χ3n) is 8.55. The first-order valence-corrected chi connectivity index (χ1v) is 16.1. The molecule has 42 heavy (non-hydrogen) atoms. The van der Waals surface area contributed by atoms with Crippen molar-refractivity contribution in [3.8, 4) is 11.1 Å². The van der Waals surface area contributed by atoms with E-state index in [1.54, 1.807) is 0 Å². The van der Waals surface area contributed by atoms with Gasteiger partial charge in [0.2, 0.25) is 0 Å². The standard InChI is InChI=1S/C39H32NOP/c1-39(2)35-20-12-13-21-37(35)40(31-14-6-3-7-15-31)38-27-24-30(28-36(38)39)29-22-25-34(26-23-29)42(41,32-16-8-4-9-17-32)33-18-10-5-11-19-33/h3-28H,1-2H3. The first kappa shape index (κ1) is 26.3. The number of hydrogen-bond donors (Lipinski definition) is 0. The molecule has 0 spiro atoms. The molecule has 1 aliphatic heterocycles. The van der Waals surface area contributed by atoms with Crippen molar-refractivity contribution in [2.24, 2.45) is 0 Å². The fraction of sp³-hybridized carbons (Fsp3) is 0.0769. The maximum absolute atomic E-state index is 14.8. The molecule has 3 heteroatoms. The number of anilines is 3. The molecule has 0 amide bonds. The monoisotopic (exact) mass is 561 g/mol. The van der Waals surface area contributed by atoms with Crippen LogP contribution in [0.25, 0.3) is 11.1 Å². The summed E-state index contributed by atoms with van der Waals surface area (Å²) in [5, 5.41) is 2.53. The summed E-state index contributed by atoms with van der Waals surface area (Å²) in [5.41, 5.74) is 8.23. The molecule has 0 fully saturated rings. The Kier molecular flexibility index (Phi) is 6.45. The highest BCUT2D eigenvalue weighted by Crippen LogP contribution is 2.52. The van der Waals surface area contributed by atoms with Crippen molar-refractivity contribution in [2.45, 2.75) is 19.3 Å². The lowest BCUT2D eigenvalue weighted by Gasteiger charge is -2.42. The van der Waals surface area contributed by atoms with Crippen LogP contribution < -0.4 is 20.8 Å². The van der Waals surface area contributed by atoms with Gasteiger partial charge in [-0.25, -0.2) is 0 Å². The van der Waals surface area contributed by atoms with Crippen LogP contribution in [0.3, 0.4) is 0 Å². The van der Waals surface area contributed by atoms with Gasteiger partial charge in [0.05, 0.1) is 11.4 Å². The SMILES string of the molecule is CC1(C)c2ccccc2N(c2ccccc2)c2ccc(-c3ccc(P(=O)(c4ccccc4)c4ccccc4)cc3)cc21. The van der Waals surface area contributed by atoms with Gasteiger partial charge in [0.15, 0.2) is 7.14 Å². The van der Waals surface area contributed by atoms with E-state index in [2.05, 4.69) is 104 Å². The fourth-order valence-corrected chi connectivity index (χ4v) is 8.97. The Morgan fingerprint density at radius 3 is 1.57 bits per heavy atom. The molecule has 6 aromatic rings. The quantitative estimate of drug-likeness (QED) is 0.196. The van der Waals surface area contributed by atoms with Gasteiger partial charge >= 0.3 is 0 Å². The molecule has 1 heterocycles. The van der Waals surface area contributed by atoms with Gasteiger partial charge in [-0.3, -0.25) is 0 Å². The van der Waals surface area contributed by atoms with Gasteiger partial charge in [0, 0.05) is 27.0 Å². The zero-order chi connectivity index (χ0) is 28.7. The smallest absolute Gasteiger partial charge is 0.171 e. The van der Waals surface area contributed by atoms with Gasteiger partial charge in [-0.1, -0.05) is 141 Å². The molecule has 204 valence electrons. The lowest BCUT2D eigenvalue weighted by Crippen LogP contribution is -2.30. The third-order valence-corrected chi connectivity index (χ3v) is 11.6. The summed E-state index contributed by atoms with van der Waals surface area (Å²) in [5.74, 6) is 0. The van der Waals surface area contributed by atoms with Gasteiger partial charge in [-0.2, -0.15) is 0 Å². The van der Waals surface area contributed by atoms with Gasteiger partial charge in [-0.15, -0.1) is 0 Å². The summed E-state index contributed by atoms with van der Waals surface area (Å²) in [7, 11) is -3.01. The van der Waals surface area contributed by atoms with Crippen molar-refractivity contribution >= 4 is 40.1 Å². The zero-order valence-corrected chi connectivity index (χ0v) is 24.7. The summed E-state index contributed by atoms with van der Waals surface area (Å²) in [6.07, 6.45) is 0. The molecular formula is C39H32NOP. The van der Waals surface area contributed by atoms with E-state index in [-0.39, 0.29) is 5.41 Å². The van der Waals surface area contributed by atoms with E-state index >= 15 is 0 Å². The number of fused-ring (bicyclic) bond motifs is 2. The molecule has 0 atom stereocenters. The van der Waals surface area contributed by atoms with Gasteiger partial charge < -0.3 is 9.46 Å². The Balaban J connectivity index is 1.33. The number of nitrogens with zero attached hydrogens (tertiary/aromatic N) is 1. The van der Waals surface area contributed by atoms with E-state index in [0.29, 0.717) is 0 Å². The van der Waals surface area contributed by atoms with Crippen LogP contribution in [0.2, 0.25) is 0 Å². The Hall–Kier alpha value is -4.65. The van der Waals surface area contributed by atoms with Crippen LogP contribution in [-0.4, -0.2) is 0 Å². The molecule has 6 aromatic carbocycles. The van der Waals surface area contributed by atoms with Crippen LogP contribution in [0.4, 0.5) is 17.1 Å². The maximum atomic E-state index is 14.8. The summed E-state index contributed by atoms with van der Waals surface area (Å²) >= 11 is 0. The molecule has 0 unspecified atom stereocenters. The highest BCUT2D eigenvalue weighted by Gasteiger charge is 2.37. The molecule has 0 saturated carbocycles. The van der Waals surface area contributed by atoms with Crippen molar-refractivity contribution in [1.82, 2.24) is 0 Å². The van der Waals surface area contributed by atoms with Crippen molar-refractivity contribution in [1.29, 1.82) is 0 Å². The Morgan fingerprint density at radius 2 is 0.952 bits per heavy atom. The lowest BCUT2D eigenvalue weighted by atomic mass is 9.73. The molecule has 0 N–H and O–H groups in total. The number of benzene rings is 6. The molecular weight excluding hydrogens is 529 g/mol. The predicted octanol–water partition coefficient (Wildman–Crippen LogP) is 9.10. The molecule has 0 aromatic heterocycles. The van der Waals surface area contributed by atoms with Crippen LogP contribution in [-0.2, 0) is 9.98 Å². The fourth-order valence-electron chi connectivity index (χ4n) is 6.33. The minimum atomic E-state index is -3.01. The Morgan fingerprint density at radius 1 is 0.476 bits per heavy atom. The van der Waals surface area contributed by atoms with Crippen LogP contribution in [0, 0.1) is 0 Å². The van der Waals surface area contributed by atoms with Crippen LogP contribution in [0.15, 0.2) is 158 Å². The first-order chi connectivity index (χ1) is 20.5. The molecule has 0 saturated heterocycles. The maximum Gasteiger partial charge on any atom is 0.171 e. The highest BCUT2D eigenvalue weighted by atomic mass is 31.2. The zero-order valence-electron chi connectivity index (χ0n) is 23.8. The summed E-state index contributed by atoms with van der Waals surface area (Å²) in [6.45, 7) is 4.63. The molecule has 7 rings (SSSR count). The minimum absolute atomic E-state index is 0.177. The predicted molar refractivity (Wildman–Crippen MR) is 178 cm³/mol. The Bertz CT molecular complexity index is 1870. The molecule has 0 aliphatic carbocycles. The first-order valence-electron chi connectivity index (χ1n) is 14.4. The number of rotatable bonds is 5. The molecule has 0 radical (unpaired) electrons. The average Bonchev–Trinajstić information content (AvgIpc) is 3.06. The van der Waals surface area contributed by atoms with Crippen molar-refractivity contribution in [3.05, 3.63) is 169 Å². The van der Waals surface area contributed by atoms with Gasteiger partial charge in [0.1, 0.15) is 0 Å². The van der Waals surface area contributed by atoms with Crippen molar-refractivity contribution in [2.75, 3.05) is 4.90 Å². The van der Waals surface area contributed by atoms with Crippen LogP contribution in [0.5, 0.6) is 0 Å². The molecule has 1 aliphatic rings. The second kappa shape index (κ2) is 10.3. The summed E-state index contributed by atoms with van der Waals surface area (Å²) < 4.78 is 14.8. The minimum Gasteiger partial charge on any atom is -0.310 e. The van der Waals surface area contributed by atoms with E-state index in [9.17, 15) is 4.57 Å². The topological polar surface area (TPSA) is 20.3 Å². The molecule has 2 nitrogen and oxygen atoms in total. The number of para-hydroxylation sites is 2. The lowest BCUT2D eigenvalue weighted by molar-refractivity contribution is 0.592. The summed E-state index contributed by atoms with van der Waals surface area (Å²) in [4.78, 5) is 2.37. The van der Waals surface area contributed by atoms with E-state index < -0.39 is 7.14 Å².